The highest BCUT2D eigenvalue weighted by atomic mass is 32.2. The molecule has 9 nitrogen and oxygen atoms in total. The number of nitrogens with one attached hydrogen (secondary N) is 1. The molecule has 0 saturated heterocycles. The zero-order chi connectivity index (χ0) is 26.3. The molecule has 1 aliphatic heterocycles. The molecule has 0 saturated carbocycles. The number of aromatic nitrogens is 2. The standard InChI is InChI=1S/C27H33N5O4S/c1-31(15-16-37(3,33)34)14-13-23-17-25-26(18-32(23)35-2)28-20-29-27(25)30-22-9-11-24(12-10-22)36-19-21-7-5-4-6-8-21/h4-12,17,20H,13-16,18-19H2,1-3H3,(H,28,29,30). The summed E-state index contributed by atoms with van der Waals surface area (Å²) in [5.41, 5.74) is 4.75. The molecule has 0 spiro atoms. The maximum atomic E-state index is 11.5. The van der Waals surface area contributed by atoms with E-state index < -0.39 is 9.84 Å². The molecule has 196 valence electrons. The molecule has 0 fully saturated rings. The van der Waals surface area contributed by atoms with E-state index in [0.717, 1.165) is 34.0 Å². The van der Waals surface area contributed by atoms with E-state index in [9.17, 15) is 8.42 Å². The molecular formula is C27H33N5O4S. The van der Waals surface area contributed by atoms with Crippen molar-refractivity contribution in [3.05, 3.63) is 83.4 Å². The van der Waals surface area contributed by atoms with Crippen LogP contribution in [0.5, 0.6) is 5.75 Å². The van der Waals surface area contributed by atoms with E-state index >= 15 is 0 Å². The van der Waals surface area contributed by atoms with Gasteiger partial charge in [0.25, 0.3) is 0 Å². The van der Waals surface area contributed by atoms with Crippen molar-refractivity contribution in [1.29, 1.82) is 0 Å². The van der Waals surface area contributed by atoms with Gasteiger partial charge in [-0.2, -0.15) is 0 Å². The minimum Gasteiger partial charge on any atom is -0.489 e. The molecular weight excluding hydrogens is 490 g/mol. The van der Waals surface area contributed by atoms with E-state index in [0.29, 0.717) is 38.5 Å². The minimum atomic E-state index is -3.00. The lowest BCUT2D eigenvalue weighted by Gasteiger charge is -2.30. The Hall–Kier alpha value is -3.47. The van der Waals surface area contributed by atoms with Crippen molar-refractivity contribution < 1.29 is 18.0 Å². The fourth-order valence-corrected chi connectivity index (χ4v) is 4.56. The number of sulfone groups is 1. The smallest absolute Gasteiger partial charge is 0.148 e. The number of nitrogens with zero attached hydrogens (tertiary/aromatic N) is 4. The number of hydrogen-bond donors (Lipinski definition) is 1. The van der Waals surface area contributed by atoms with Gasteiger partial charge in [-0.1, -0.05) is 30.3 Å². The van der Waals surface area contributed by atoms with Crippen LogP contribution in [0.4, 0.5) is 11.5 Å². The van der Waals surface area contributed by atoms with Crippen molar-refractivity contribution in [2.75, 3.05) is 44.6 Å². The number of hydrogen-bond acceptors (Lipinski definition) is 9. The molecule has 4 rings (SSSR count). The number of anilines is 2. The first-order valence-corrected chi connectivity index (χ1v) is 14.1. The number of ether oxygens (including phenoxy) is 1. The first kappa shape index (κ1) is 26.6. The average molecular weight is 524 g/mol. The summed E-state index contributed by atoms with van der Waals surface area (Å²) in [5.74, 6) is 1.64. The second-order valence-corrected chi connectivity index (χ2v) is 11.3. The second-order valence-electron chi connectivity index (χ2n) is 9.04. The molecule has 1 aromatic heterocycles. The van der Waals surface area contributed by atoms with E-state index in [1.165, 1.54) is 6.26 Å². The number of benzene rings is 2. The quantitative estimate of drug-likeness (QED) is 0.379. The zero-order valence-corrected chi connectivity index (χ0v) is 22.2. The van der Waals surface area contributed by atoms with E-state index in [2.05, 4.69) is 15.3 Å². The molecule has 2 aromatic carbocycles. The first-order valence-electron chi connectivity index (χ1n) is 12.1. The maximum Gasteiger partial charge on any atom is 0.148 e. The third-order valence-electron chi connectivity index (χ3n) is 6.07. The first-order chi connectivity index (χ1) is 17.8. The number of fused-ring (bicyclic) bond motifs is 1. The van der Waals surface area contributed by atoms with Gasteiger partial charge in [-0.15, -0.1) is 0 Å². The van der Waals surface area contributed by atoms with Crippen LogP contribution in [0.2, 0.25) is 0 Å². The van der Waals surface area contributed by atoms with Gasteiger partial charge < -0.3 is 15.0 Å². The van der Waals surface area contributed by atoms with E-state index in [-0.39, 0.29) is 5.75 Å². The second kappa shape index (κ2) is 12.2. The van der Waals surface area contributed by atoms with Crippen molar-refractivity contribution >= 4 is 27.4 Å². The highest BCUT2D eigenvalue weighted by Crippen LogP contribution is 2.31. The molecule has 10 heteroatoms. The largest absolute Gasteiger partial charge is 0.489 e. The van der Waals surface area contributed by atoms with Gasteiger partial charge in [0.1, 0.15) is 34.3 Å². The lowest BCUT2D eigenvalue weighted by molar-refractivity contribution is -0.112. The fourth-order valence-electron chi connectivity index (χ4n) is 3.92. The van der Waals surface area contributed by atoms with Crippen molar-refractivity contribution in [3.63, 3.8) is 0 Å². The Kier molecular flexibility index (Phi) is 8.75. The van der Waals surface area contributed by atoms with Crippen LogP contribution in [0.3, 0.4) is 0 Å². The summed E-state index contributed by atoms with van der Waals surface area (Å²) in [6, 6.07) is 17.8. The minimum absolute atomic E-state index is 0.136. The van der Waals surface area contributed by atoms with Gasteiger partial charge >= 0.3 is 0 Å². The van der Waals surface area contributed by atoms with Crippen LogP contribution in [0.1, 0.15) is 23.2 Å². The summed E-state index contributed by atoms with van der Waals surface area (Å²) in [6.07, 6.45) is 5.53. The summed E-state index contributed by atoms with van der Waals surface area (Å²) < 4.78 is 28.9. The Labute approximate surface area is 218 Å². The average Bonchev–Trinajstić information content (AvgIpc) is 2.90. The fraction of sp³-hybridized carbons (Fsp3) is 0.333. The SMILES string of the molecule is CON1Cc2ncnc(Nc3ccc(OCc4ccccc4)cc3)c2C=C1CCN(C)CCS(C)(=O)=O. The Morgan fingerprint density at radius 1 is 1.05 bits per heavy atom. The Morgan fingerprint density at radius 2 is 1.81 bits per heavy atom. The molecule has 0 amide bonds. The van der Waals surface area contributed by atoms with Crippen LogP contribution in [0.15, 0.2) is 66.6 Å². The van der Waals surface area contributed by atoms with Gasteiger partial charge in [0.2, 0.25) is 0 Å². The zero-order valence-electron chi connectivity index (χ0n) is 21.4. The number of hydroxylamine groups is 2. The van der Waals surface area contributed by atoms with Gasteiger partial charge in [0, 0.05) is 42.7 Å². The van der Waals surface area contributed by atoms with Crippen LogP contribution in [-0.4, -0.2) is 67.6 Å². The third-order valence-corrected chi connectivity index (χ3v) is 6.99. The summed E-state index contributed by atoms with van der Waals surface area (Å²) >= 11 is 0. The topological polar surface area (TPSA) is 96.9 Å². The Bertz CT molecular complexity index is 1310. The molecule has 0 aliphatic carbocycles. The van der Waals surface area contributed by atoms with E-state index in [1.54, 1.807) is 13.4 Å². The molecule has 0 bridgehead atoms. The van der Waals surface area contributed by atoms with Crippen molar-refractivity contribution in [2.45, 2.75) is 19.6 Å². The van der Waals surface area contributed by atoms with Crippen LogP contribution in [0.25, 0.3) is 6.08 Å². The van der Waals surface area contributed by atoms with Gasteiger partial charge in [-0.05, 0) is 43.0 Å². The summed E-state index contributed by atoms with van der Waals surface area (Å²) in [6.45, 7) is 2.18. The molecule has 1 N–H and O–H groups in total. The highest BCUT2D eigenvalue weighted by Gasteiger charge is 2.22. The van der Waals surface area contributed by atoms with Crippen molar-refractivity contribution in [3.8, 4) is 5.75 Å². The lowest BCUT2D eigenvalue weighted by atomic mass is 10.1. The summed E-state index contributed by atoms with van der Waals surface area (Å²) in [7, 11) is 0.556. The predicted octanol–water partition coefficient (Wildman–Crippen LogP) is 3.88. The van der Waals surface area contributed by atoms with Crippen LogP contribution >= 0.6 is 0 Å². The Morgan fingerprint density at radius 3 is 2.51 bits per heavy atom. The van der Waals surface area contributed by atoms with Gasteiger partial charge in [0.15, 0.2) is 0 Å². The molecule has 3 aromatic rings. The normalized spacial score (nSPS) is 13.3. The van der Waals surface area contributed by atoms with Gasteiger partial charge in [0.05, 0.1) is 25.1 Å². The monoisotopic (exact) mass is 523 g/mol. The van der Waals surface area contributed by atoms with Gasteiger partial charge in [-0.25, -0.2) is 18.4 Å². The Balaban J connectivity index is 1.43. The third kappa shape index (κ3) is 7.75. The molecule has 2 heterocycles. The van der Waals surface area contributed by atoms with Crippen LogP contribution < -0.4 is 10.1 Å². The van der Waals surface area contributed by atoms with Crippen LogP contribution in [0, 0.1) is 0 Å². The van der Waals surface area contributed by atoms with E-state index in [1.807, 2.05) is 77.7 Å². The number of rotatable bonds is 12. The van der Waals surface area contributed by atoms with Gasteiger partial charge in [-0.3, -0.25) is 9.90 Å². The molecule has 0 unspecified atom stereocenters. The molecule has 0 atom stereocenters. The lowest BCUT2D eigenvalue weighted by Crippen LogP contribution is -2.30. The van der Waals surface area contributed by atoms with Crippen molar-refractivity contribution in [1.82, 2.24) is 19.9 Å². The molecule has 0 radical (unpaired) electrons. The molecule has 1 aliphatic rings. The predicted molar refractivity (Wildman–Crippen MR) is 145 cm³/mol. The summed E-state index contributed by atoms with van der Waals surface area (Å²) in [4.78, 5) is 16.5. The summed E-state index contributed by atoms with van der Waals surface area (Å²) in [5, 5.41) is 5.21. The molecule has 37 heavy (non-hydrogen) atoms. The van der Waals surface area contributed by atoms with Crippen molar-refractivity contribution in [2.24, 2.45) is 0 Å². The van der Waals surface area contributed by atoms with E-state index in [4.69, 9.17) is 9.57 Å². The highest BCUT2D eigenvalue weighted by molar-refractivity contribution is 7.90. The maximum absolute atomic E-state index is 11.5. The van der Waals surface area contributed by atoms with Crippen LogP contribution in [-0.2, 0) is 27.8 Å².